The Balaban J connectivity index is 4.04. The molecule has 8 heteroatoms. The summed E-state index contributed by atoms with van der Waals surface area (Å²) in [5.74, 6) is 0.150. The standard InChI is InChI=1S/C30H60O6SSi/c1-7-11-12-13-14-15-16-17-18-19-20-21-22-23-24-25-30(31)34-26-29(36-28(5)6)27-35-37(32,33)38(8-2,9-3)10-4/h29H,5,7-27H2,1-4,6H3/t29-/m1/s1. The fourth-order valence-electron chi connectivity index (χ4n) is 4.87. The first-order chi connectivity index (χ1) is 18.2. The van der Waals surface area contributed by atoms with Crippen LogP contribution in [-0.4, -0.2) is 40.9 Å². The van der Waals surface area contributed by atoms with E-state index in [1.54, 1.807) is 6.92 Å². The first-order valence-corrected chi connectivity index (χ1v) is 20.3. The van der Waals surface area contributed by atoms with Crippen LogP contribution in [0.3, 0.4) is 0 Å². The molecule has 0 saturated heterocycles. The molecule has 0 unspecified atom stereocenters. The van der Waals surface area contributed by atoms with Crippen molar-refractivity contribution in [3.05, 3.63) is 12.3 Å². The van der Waals surface area contributed by atoms with Gasteiger partial charge in [0.1, 0.15) is 13.2 Å². The van der Waals surface area contributed by atoms with Crippen LogP contribution in [0.15, 0.2) is 12.3 Å². The van der Waals surface area contributed by atoms with Crippen molar-refractivity contribution in [3.63, 3.8) is 0 Å². The van der Waals surface area contributed by atoms with E-state index in [0.717, 1.165) is 19.3 Å². The Labute approximate surface area is 236 Å². The summed E-state index contributed by atoms with van der Waals surface area (Å²) in [7, 11) is -6.23. The number of esters is 1. The lowest BCUT2D eigenvalue weighted by Gasteiger charge is -2.27. The highest BCUT2D eigenvalue weighted by atomic mass is 32.4. The molecule has 0 aliphatic heterocycles. The highest BCUT2D eigenvalue weighted by molar-refractivity contribution is 8.18. The molecule has 0 aromatic heterocycles. The van der Waals surface area contributed by atoms with Crippen molar-refractivity contribution in [3.8, 4) is 0 Å². The molecule has 226 valence electrons. The molecule has 0 aromatic rings. The highest BCUT2D eigenvalue weighted by Gasteiger charge is 2.44. The quantitative estimate of drug-likeness (QED) is 0.0420. The monoisotopic (exact) mass is 576 g/mol. The molecule has 0 saturated carbocycles. The Morgan fingerprint density at radius 1 is 0.711 bits per heavy atom. The molecule has 0 aliphatic carbocycles. The van der Waals surface area contributed by atoms with Crippen molar-refractivity contribution in [2.24, 2.45) is 0 Å². The molecule has 0 radical (unpaired) electrons. The summed E-state index contributed by atoms with van der Waals surface area (Å²) in [6.07, 6.45) is 18.9. The second-order valence-corrected chi connectivity index (χ2v) is 20.5. The van der Waals surface area contributed by atoms with E-state index in [1.807, 2.05) is 20.8 Å². The van der Waals surface area contributed by atoms with Gasteiger partial charge in [-0.25, -0.2) is 8.42 Å². The molecule has 0 rings (SSSR count). The van der Waals surface area contributed by atoms with E-state index in [-0.39, 0.29) is 19.2 Å². The van der Waals surface area contributed by atoms with Gasteiger partial charge in [-0.1, -0.05) is 124 Å². The Bertz CT molecular complexity index is 697. The summed E-state index contributed by atoms with van der Waals surface area (Å²) in [6.45, 7) is 13.2. The number of hydrogen-bond acceptors (Lipinski definition) is 6. The average Bonchev–Trinajstić information content (AvgIpc) is 2.89. The van der Waals surface area contributed by atoms with Gasteiger partial charge in [-0.2, -0.15) is 0 Å². The van der Waals surface area contributed by atoms with E-state index in [1.165, 1.54) is 77.0 Å². The van der Waals surface area contributed by atoms with Crippen molar-refractivity contribution < 1.29 is 26.9 Å². The maximum absolute atomic E-state index is 12.9. The third-order valence-corrected chi connectivity index (χ3v) is 19.2. The SMILES string of the molecule is C=C(C)O[C@H](COC(=O)CCCCCCCCCCCCCCCCC)COS(=O)(=O)[Si](CC)(CC)CC. The third-order valence-electron chi connectivity index (χ3n) is 7.65. The Morgan fingerprint density at radius 3 is 1.53 bits per heavy atom. The van der Waals surface area contributed by atoms with Gasteiger partial charge in [0.05, 0.1) is 5.76 Å². The van der Waals surface area contributed by atoms with Gasteiger partial charge in [-0.05, 0) is 31.5 Å². The molecule has 0 aliphatic rings. The Morgan fingerprint density at radius 2 is 1.13 bits per heavy atom. The van der Waals surface area contributed by atoms with Crippen molar-refractivity contribution in [2.45, 2.75) is 162 Å². The second-order valence-electron chi connectivity index (χ2n) is 10.8. The number of unbranched alkanes of at least 4 members (excludes halogenated alkanes) is 14. The van der Waals surface area contributed by atoms with Crippen molar-refractivity contribution in [1.29, 1.82) is 0 Å². The maximum Gasteiger partial charge on any atom is 0.305 e. The lowest BCUT2D eigenvalue weighted by Crippen LogP contribution is -2.44. The summed E-state index contributed by atoms with van der Waals surface area (Å²) in [5.41, 5.74) is 0. The van der Waals surface area contributed by atoms with Crippen LogP contribution in [0.1, 0.15) is 137 Å². The van der Waals surface area contributed by atoms with Gasteiger partial charge in [0, 0.05) is 6.42 Å². The molecule has 38 heavy (non-hydrogen) atoms. The molecular weight excluding hydrogens is 516 g/mol. The number of carbonyl (C=O) groups is 1. The topological polar surface area (TPSA) is 78.9 Å². The Hall–Kier alpha value is -0.863. The first-order valence-electron chi connectivity index (χ1n) is 15.5. The predicted octanol–water partition coefficient (Wildman–Crippen LogP) is 9.06. The third kappa shape index (κ3) is 17.0. The molecule has 0 fully saturated rings. The smallest absolute Gasteiger partial charge is 0.305 e. The fourth-order valence-corrected chi connectivity index (χ4v) is 12.1. The number of allylic oxidation sites excluding steroid dienone is 1. The predicted molar refractivity (Wildman–Crippen MR) is 162 cm³/mol. The largest absolute Gasteiger partial charge is 0.490 e. The summed E-state index contributed by atoms with van der Waals surface area (Å²) in [6, 6.07) is 1.84. The zero-order chi connectivity index (χ0) is 28.7. The van der Waals surface area contributed by atoms with Gasteiger partial charge in [0.25, 0.3) is 0 Å². The Kier molecular flexibility index (Phi) is 22.4. The second kappa shape index (κ2) is 22.9. The summed E-state index contributed by atoms with van der Waals surface area (Å²) in [5, 5.41) is 0. The maximum atomic E-state index is 12.9. The summed E-state index contributed by atoms with van der Waals surface area (Å²) < 4.78 is 42.2. The molecule has 0 heterocycles. The van der Waals surface area contributed by atoms with Gasteiger partial charge in [0.2, 0.25) is 16.8 Å². The minimum absolute atomic E-state index is 0.0428. The fraction of sp³-hybridized carbons (Fsp3) is 0.900. The highest BCUT2D eigenvalue weighted by Crippen LogP contribution is 2.28. The van der Waals surface area contributed by atoms with Crippen LogP contribution in [-0.2, 0) is 28.0 Å². The molecule has 1 atom stereocenters. The van der Waals surface area contributed by atoms with E-state index >= 15 is 0 Å². The van der Waals surface area contributed by atoms with Crippen LogP contribution in [0.4, 0.5) is 0 Å². The minimum atomic E-state index is -3.65. The van der Waals surface area contributed by atoms with Gasteiger partial charge in [-0.15, -0.1) is 0 Å². The summed E-state index contributed by atoms with van der Waals surface area (Å²) in [4.78, 5) is 12.2. The number of ether oxygens (including phenoxy) is 2. The van der Waals surface area contributed by atoms with Crippen LogP contribution in [0.2, 0.25) is 18.1 Å². The number of rotatable bonds is 27. The zero-order valence-electron chi connectivity index (χ0n) is 25.5. The van der Waals surface area contributed by atoms with Gasteiger partial charge >= 0.3 is 5.97 Å². The van der Waals surface area contributed by atoms with Crippen molar-refractivity contribution in [2.75, 3.05) is 13.2 Å². The molecular formula is C30H60O6SSi. The van der Waals surface area contributed by atoms with Crippen LogP contribution < -0.4 is 0 Å². The normalized spacial score (nSPS) is 12.9. The molecule has 0 spiro atoms. The lowest BCUT2D eigenvalue weighted by atomic mass is 10.0. The summed E-state index contributed by atoms with van der Waals surface area (Å²) >= 11 is 0. The van der Waals surface area contributed by atoms with Gasteiger partial charge in [-0.3, -0.25) is 8.98 Å². The van der Waals surface area contributed by atoms with Crippen LogP contribution in [0, 0.1) is 0 Å². The van der Waals surface area contributed by atoms with E-state index in [0.29, 0.717) is 30.3 Å². The zero-order valence-corrected chi connectivity index (χ0v) is 27.3. The molecule has 0 aromatic carbocycles. The lowest BCUT2D eigenvalue weighted by molar-refractivity contribution is -0.147. The van der Waals surface area contributed by atoms with Gasteiger partial charge < -0.3 is 9.47 Å². The van der Waals surface area contributed by atoms with Crippen LogP contribution in [0.5, 0.6) is 0 Å². The first kappa shape index (κ1) is 37.1. The molecule has 6 nitrogen and oxygen atoms in total. The number of hydrogen-bond donors (Lipinski definition) is 0. The van der Waals surface area contributed by atoms with Crippen molar-refractivity contribution in [1.82, 2.24) is 0 Å². The minimum Gasteiger partial charge on any atom is -0.490 e. The van der Waals surface area contributed by atoms with Crippen molar-refractivity contribution >= 4 is 22.8 Å². The van der Waals surface area contributed by atoms with E-state index in [2.05, 4.69) is 13.5 Å². The van der Waals surface area contributed by atoms with Crippen LogP contribution >= 0.6 is 0 Å². The van der Waals surface area contributed by atoms with Gasteiger partial charge in [0.15, 0.2) is 6.10 Å². The van der Waals surface area contributed by atoms with Crippen LogP contribution in [0.25, 0.3) is 0 Å². The van der Waals surface area contributed by atoms with E-state index in [9.17, 15) is 13.2 Å². The van der Waals surface area contributed by atoms with E-state index < -0.39 is 22.9 Å². The van der Waals surface area contributed by atoms with E-state index in [4.69, 9.17) is 13.7 Å². The molecule has 0 bridgehead atoms. The molecule has 0 N–H and O–H groups in total. The molecule has 0 amide bonds. The average molecular weight is 577 g/mol. The number of carbonyl (C=O) groups excluding carboxylic acids is 1.